The van der Waals surface area contributed by atoms with Crippen molar-refractivity contribution in [3.05, 3.63) is 130 Å². The van der Waals surface area contributed by atoms with Crippen molar-refractivity contribution in [2.75, 3.05) is 0 Å². The van der Waals surface area contributed by atoms with Crippen LogP contribution in [0.5, 0.6) is 0 Å². The Morgan fingerprint density at radius 1 is 0.727 bits per heavy atom. The Bertz CT molecular complexity index is 1280. The van der Waals surface area contributed by atoms with Gasteiger partial charge in [0, 0.05) is 10.6 Å². The van der Waals surface area contributed by atoms with Crippen LogP contribution in [0, 0.1) is 17.6 Å². The highest BCUT2D eigenvalue weighted by Crippen LogP contribution is 2.25. The molecule has 0 N–H and O–H groups in total. The Labute approximate surface area is 195 Å². The molecule has 33 heavy (non-hydrogen) atoms. The Morgan fingerprint density at radius 3 is 2.03 bits per heavy atom. The van der Waals surface area contributed by atoms with Gasteiger partial charge in [-0.2, -0.15) is 0 Å². The summed E-state index contributed by atoms with van der Waals surface area (Å²) in [5.41, 5.74) is 2.59. The van der Waals surface area contributed by atoms with Gasteiger partial charge in [-0.15, -0.1) is 0 Å². The lowest BCUT2D eigenvalue weighted by molar-refractivity contribution is 0.0804. The van der Waals surface area contributed by atoms with Gasteiger partial charge in [0.15, 0.2) is 11.6 Å². The molecule has 1 unspecified atom stereocenters. The summed E-state index contributed by atoms with van der Waals surface area (Å²) in [6.07, 6.45) is 0.0469. The maximum absolute atomic E-state index is 14.4. The van der Waals surface area contributed by atoms with E-state index < -0.39 is 34.7 Å². The van der Waals surface area contributed by atoms with E-state index in [0.29, 0.717) is 5.02 Å². The molecule has 0 bridgehead atoms. The van der Waals surface area contributed by atoms with Gasteiger partial charge in [-0.05, 0) is 65.6 Å². The van der Waals surface area contributed by atoms with Crippen molar-refractivity contribution in [2.24, 2.45) is 5.92 Å². The second-order valence-electron chi connectivity index (χ2n) is 7.68. The van der Waals surface area contributed by atoms with Crippen molar-refractivity contribution in [3.63, 3.8) is 0 Å². The third-order valence-electron chi connectivity index (χ3n) is 5.46. The molecule has 0 fully saturated rings. The van der Waals surface area contributed by atoms with E-state index in [4.69, 9.17) is 11.6 Å². The fourth-order valence-corrected chi connectivity index (χ4v) is 3.82. The van der Waals surface area contributed by atoms with E-state index >= 15 is 0 Å². The minimum absolute atomic E-state index is 0.0469. The molecule has 1 atom stereocenters. The molecule has 0 aliphatic heterocycles. The summed E-state index contributed by atoms with van der Waals surface area (Å²) in [4.78, 5) is 26.5. The quantitative estimate of drug-likeness (QED) is 0.216. The highest BCUT2D eigenvalue weighted by molar-refractivity contribution is 6.30. The molecule has 0 radical (unpaired) electrons. The largest absolute Gasteiger partial charge is 0.293 e. The van der Waals surface area contributed by atoms with E-state index in [2.05, 4.69) is 0 Å². The number of benzene rings is 4. The first-order chi connectivity index (χ1) is 15.9. The molecule has 0 spiro atoms. The number of ketones is 2. The third kappa shape index (κ3) is 5.24. The third-order valence-corrected chi connectivity index (χ3v) is 5.71. The zero-order valence-electron chi connectivity index (χ0n) is 17.5. The summed E-state index contributed by atoms with van der Waals surface area (Å²) in [7, 11) is 0. The van der Waals surface area contributed by atoms with Crippen LogP contribution < -0.4 is 0 Å². The van der Waals surface area contributed by atoms with E-state index in [1.165, 1.54) is 12.1 Å². The molecule has 0 aliphatic carbocycles. The predicted octanol–water partition coefficient (Wildman–Crippen LogP) is 7.21. The maximum atomic E-state index is 14.4. The fraction of sp³-hybridized carbons (Fsp3) is 0.0714. The first-order valence-corrected chi connectivity index (χ1v) is 10.7. The maximum Gasteiger partial charge on any atom is 0.177 e. The van der Waals surface area contributed by atoms with Crippen molar-refractivity contribution < 1.29 is 18.4 Å². The lowest BCUT2D eigenvalue weighted by Gasteiger charge is -2.16. The second-order valence-corrected chi connectivity index (χ2v) is 8.12. The average Bonchev–Trinajstić information content (AvgIpc) is 2.84. The lowest BCUT2D eigenvalue weighted by atomic mass is 9.84. The smallest absolute Gasteiger partial charge is 0.177 e. The van der Waals surface area contributed by atoms with Crippen molar-refractivity contribution in [3.8, 4) is 11.1 Å². The van der Waals surface area contributed by atoms with Crippen molar-refractivity contribution in [2.45, 2.75) is 6.42 Å². The first-order valence-electron chi connectivity index (χ1n) is 10.4. The molecule has 4 rings (SSSR count). The van der Waals surface area contributed by atoms with Gasteiger partial charge in [-0.25, -0.2) is 8.78 Å². The van der Waals surface area contributed by atoms with Gasteiger partial charge >= 0.3 is 0 Å². The van der Waals surface area contributed by atoms with Crippen LogP contribution in [0.1, 0.15) is 26.3 Å². The molecule has 4 aromatic carbocycles. The van der Waals surface area contributed by atoms with Gasteiger partial charge in [-0.3, -0.25) is 9.59 Å². The Hall–Kier alpha value is -3.63. The van der Waals surface area contributed by atoms with Crippen LogP contribution in [0.15, 0.2) is 97.1 Å². The predicted molar refractivity (Wildman–Crippen MR) is 126 cm³/mol. The van der Waals surface area contributed by atoms with Gasteiger partial charge in [-0.1, -0.05) is 66.2 Å². The highest BCUT2D eigenvalue weighted by Gasteiger charge is 2.30. The van der Waals surface area contributed by atoms with Gasteiger partial charge in [0.05, 0.1) is 11.5 Å². The first kappa shape index (κ1) is 22.6. The van der Waals surface area contributed by atoms with E-state index in [9.17, 15) is 18.4 Å². The van der Waals surface area contributed by atoms with Gasteiger partial charge in [0.25, 0.3) is 0 Å². The highest BCUT2D eigenvalue weighted by atomic mass is 35.5. The molecule has 0 saturated heterocycles. The van der Waals surface area contributed by atoms with E-state index in [1.54, 1.807) is 12.1 Å². The number of carbonyl (C=O) groups excluding carboxylic acids is 2. The molecule has 0 aliphatic rings. The molecule has 164 valence electrons. The summed E-state index contributed by atoms with van der Waals surface area (Å²) < 4.78 is 28.1. The van der Waals surface area contributed by atoms with Gasteiger partial charge < -0.3 is 0 Å². The van der Waals surface area contributed by atoms with E-state index in [-0.39, 0.29) is 12.0 Å². The SMILES string of the molecule is O=C(c1ccc(Cl)cc1)C(Cc1ccc(-c2ccccc2)cc1)C(=O)c1cc(F)ccc1F. The summed E-state index contributed by atoms with van der Waals surface area (Å²) in [5, 5.41) is 0.446. The fourth-order valence-electron chi connectivity index (χ4n) is 3.69. The number of rotatable bonds is 7. The minimum atomic E-state index is -1.22. The average molecular weight is 461 g/mol. The monoisotopic (exact) mass is 460 g/mol. The van der Waals surface area contributed by atoms with Crippen LogP contribution in [0.4, 0.5) is 8.78 Å². The number of hydrogen-bond acceptors (Lipinski definition) is 2. The Morgan fingerprint density at radius 2 is 1.36 bits per heavy atom. The molecule has 0 aromatic heterocycles. The topological polar surface area (TPSA) is 34.1 Å². The number of halogens is 3. The minimum Gasteiger partial charge on any atom is -0.293 e. The number of carbonyl (C=O) groups is 2. The molecule has 4 aromatic rings. The molecular weight excluding hydrogens is 442 g/mol. The molecule has 0 amide bonds. The second kappa shape index (κ2) is 9.88. The molecule has 0 saturated carbocycles. The standard InChI is InChI=1S/C28H19ClF2O2/c29-22-12-10-21(11-13-22)27(32)25(28(33)24-17-23(30)14-15-26(24)31)16-18-6-8-20(9-7-18)19-4-2-1-3-5-19/h1-15,17,25H,16H2. The van der Waals surface area contributed by atoms with Crippen LogP contribution in [0.25, 0.3) is 11.1 Å². The van der Waals surface area contributed by atoms with Crippen molar-refractivity contribution in [1.29, 1.82) is 0 Å². The Balaban J connectivity index is 1.68. The van der Waals surface area contributed by atoms with Crippen LogP contribution >= 0.6 is 11.6 Å². The van der Waals surface area contributed by atoms with Crippen molar-refractivity contribution in [1.82, 2.24) is 0 Å². The normalized spacial score (nSPS) is 11.7. The van der Waals surface area contributed by atoms with Crippen LogP contribution in [0.3, 0.4) is 0 Å². The summed E-state index contributed by atoms with van der Waals surface area (Å²) in [6.45, 7) is 0. The molecule has 2 nitrogen and oxygen atoms in total. The zero-order valence-corrected chi connectivity index (χ0v) is 18.2. The van der Waals surface area contributed by atoms with Crippen LogP contribution in [-0.2, 0) is 6.42 Å². The summed E-state index contributed by atoms with van der Waals surface area (Å²) >= 11 is 5.92. The van der Waals surface area contributed by atoms with Gasteiger partial charge in [0.2, 0.25) is 0 Å². The molecule has 5 heteroatoms. The van der Waals surface area contributed by atoms with E-state index in [0.717, 1.165) is 34.9 Å². The Kier molecular flexibility index (Phi) is 6.76. The zero-order chi connectivity index (χ0) is 23.4. The van der Waals surface area contributed by atoms with Gasteiger partial charge in [0.1, 0.15) is 11.6 Å². The summed E-state index contributed by atoms with van der Waals surface area (Å²) in [6, 6.07) is 26.1. The summed E-state index contributed by atoms with van der Waals surface area (Å²) in [5.74, 6) is -4.07. The number of hydrogen-bond donors (Lipinski definition) is 0. The van der Waals surface area contributed by atoms with Crippen molar-refractivity contribution >= 4 is 23.2 Å². The van der Waals surface area contributed by atoms with E-state index in [1.807, 2.05) is 54.6 Å². The van der Waals surface area contributed by atoms with Crippen LogP contribution in [-0.4, -0.2) is 11.6 Å². The lowest BCUT2D eigenvalue weighted by Crippen LogP contribution is -2.27. The van der Waals surface area contributed by atoms with Crippen LogP contribution in [0.2, 0.25) is 5.02 Å². The molecule has 0 heterocycles. The molecular formula is C28H19ClF2O2. The number of Topliss-reactive ketones (excluding diaryl/α,β-unsaturated/α-hetero) is 2.